The van der Waals surface area contributed by atoms with Gasteiger partial charge in [-0.05, 0) is 62.4 Å². The Morgan fingerprint density at radius 2 is 1.56 bits per heavy atom. The number of rotatable bonds is 6. The molecule has 0 aliphatic carbocycles. The maximum absolute atomic E-state index is 13.5. The summed E-state index contributed by atoms with van der Waals surface area (Å²) in [6.07, 6.45) is 5.30. The van der Waals surface area contributed by atoms with Gasteiger partial charge in [-0.1, -0.05) is 85.1 Å². The van der Waals surface area contributed by atoms with Crippen LogP contribution in [0.5, 0.6) is 0 Å². The molecular formula is C29H30N2O. The van der Waals surface area contributed by atoms with Crippen LogP contribution in [0.1, 0.15) is 53.1 Å². The van der Waals surface area contributed by atoms with Gasteiger partial charge in [0.15, 0.2) is 0 Å². The Morgan fingerprint density at radius 3 is 2.22 bits per heavy atom. The SMILES string of the molecule is CCCCc1ccc(C2=NC(=Cc3ccc(C)cc3)C(=O)N2c2ccc(C)cc2C)cc1. The zero-order valence-corrected chi connectivity index (χ0v) is 19.4. The van der Waals surface area contributed by atoms with E-state index in [0.717, 1.165) is 28.8 Å². The van der Waals surface area contributed by atoms with Crippen LogP contribution in [0.3, 0.4) is 0 Å². The molecule has 1 amide bonds. The number of carbonyl (C=O) groups is 1. The third-order valence-electron chi connectivity index (χ3n) is 5.87. The first-order valence-corrected chi connectivity index (χ1v) is 11.3. The van der Waals surface area contributed by atoms with Crippen molar-refractivity contribution in [2.24, 2.45) is 4.99 Å². The van der Waals surface area contributed by atoms with Crippen LogP contribution in [-0.2, 0) is 11.2 Å². The standard InChI is InChI=1S/C29H30N2O/c1-5-6-7-23-13-15-25(16-14-23)28-30-26(19-24-11-8-20(2)9-12-24)29(32)31(28)27-17-10-21(3)18-22(27)4/h8-19H,5-7H2,1-4H3. The van der Waals surface area contributed by atoms with Gasteiger partial charge in [-0.3, -0.25) is 9.69 Å². The number of amidine groups is 1. The Bertz CT molecular complexity index is 1180. The Kier molecular flexibility index (Phi) is 6.36. The number of carbonyl (C=O) groups excluding carboxylic acids is 1. The van der Waals surface area contributed by atoms with Crippen molar-refractivity contribution in [1.82, 2.24) is 0 Å². The monoisotopic (exact) mass is 422 g/mol. The molecule has 32 heavy (non-hydrogen) atoms. The predicted octanol–water partition coefficient (Wildman–Crippen LogP) is 6.79. The molecule has 0 saturated carbocycles. The van der Waals surface area contributed by atoms with Gasteiger partial charge in [0, 0.05) is 5.56 Å². The first-order valence-electron chi connectivity index (χ1n) is 11.3. The molecule has 162 valence electrons. The zero-order valence-electron chi connectivity index (χ0n) is 19.4. The highest BCUT2D eigenvalue weighted by Crippen LogP contribution is 2.31. The Balaban J connectivity index is 1.77. The van der Waals surface area contributed by atoms with Gasteiger partial charge in [-0.2, -0.15) is 0 Å². The van der Waals surface area contributed by atoms with Crippen LogP contribution in [0.4, 0.5) is 5.69 Å². The van der Waals surface area contributed by atoms with E-state index in [9.17, 15) is 4.79 Å². The number of amides is 1. The van der Waals surface area contributed by atoms with Crippen molar-refractivity contribution in [2.45, 2.75) is 47.0 Å². The molecule has 1 aliphatic heterocycles. The number of nitrogens with zero attached hydrogens (tertiary/aromatic N) is 2. The maximum Gasteiger partial charge on any atom is 0.282 e. The highest BCUT2D eigenvalue weighted by atomic mass is 16.2. The Labute approximate surface area is 191 Å². The number of anilines is 1. The molecule has 3 nitrogen and oxygen atoms in total. The van der Waals surface area contributed by atoms with Crippen molar-refractivity contribution in [1.29, 1.82) is 0 Å². The molecule has 3 heteroatoms. The van der Waals surface area contributed by atoms with E-state index in [2.05, 4.69) is 51.1 Å². The van der Waals surface area contributed by atoms with Crippen molar-refractivity contribution in [3.8, 4) is 0 Å². The minimum Gasteiger partial charge on any atom is -0.266 e. The van der Waals surface area contributed by atoms with Crippen molar-refractivity contribution in [3.05, 3.63) is 106 Å². The molecule has 1 heterocycles. The summed E-state index contributed by atoms with van der Waals surface area (Å²) in [5.41, 5.74) is 7.99. The summed E-state index contributed by atoms with van der Waals surface area (Å²) in [7, 11) is 0. The summed E-state index contributed by atoms with van der Waals surface area (Å²) in [6, 6.07) is 22.8. The zero-order chi connectivity index (χ0) is 22.7. The molecule has 0 radical (unpaired) electrons. The van der Waals surface area contributed by atoms with E-state index in [1.165, 1.54) is 29.5 Å². The number of hydrogen-bond acceptors (Lipinski definition) is 2. The van der Waals surface area contributed by atoms with Gasteiger partial charge in [-0.25, -0.2) is 4.99 Å². The van der Waals surface area contributed by atoms with Crippen molar-refractivity contribution in [3.63, 3.8) is 0 Å². The highest BCUT2D eigenvalue weighted by Gasteiger charge is 2.33. The fourth-order valence-electron chi connectivity index (χ4n) is 4.01. The van der Waals surface area contributed by atoms with E-state index in [-0.39, 0.29) is 5.91 Å². The first-order chi connectivity index (χ1) is 15.5. The third kappa shape index (κ3) is 4.57. The largest absolute Gasteiger partial charge is 0.282 e. The minimum atomic E-state index is -0.0948. The molecule has 0 N–H and O–H groups in total. The van der Waals surface area contributed by atoms with Crippen LogP contribution in [0.25, 0.3) is 6.08 Å². The van der Waals surface area contributed by atoms with Gasteiger partial charge in [0.25, 0.3) is 5.91 Å². The summed E-state index contributed by atoms with van der Waals surface area (Å²) < 4.78 is 0. The minimum absolute atomic E-state index is 0.0948. The van der Waals surface area contributed by atoms with Crippen molar-refractivity contribution < 1.29 is 4.79 Å². The lowest BCUT2D eigenvalue weighted by molar-refractivity contribution is -0.113. The van der Waals surface area contributed by atoms with Gasteiger partial charge >= 0.3 is 0 Å². The Hall–Kier alpha value is -3.46. The van der Waals surface area contributed by atoms with E-state index >= 15 is 0 Å². The quantitative estimate of drug-likeness (QED) is 0.403. The van der Waals surface area contributed by atoms with Crippen LogP contribution in [-0.4, -0.2) is 11.7 Å². The molecule has 1 aliphatic rings. The lowest BCUT2D eigenvalue weighted by atomic mass is 10.0. The van der Waals surface area contributed by atoms with E-state index in [4.69, 9.17) is 4.99 Å². The van der Waals surface area contributed by atoms with Crippen molar-refractivity contribution in [2.75, 3.05) is 4.90 Å². The van der Waals surface area contributed by atoms with Crippen LogP contribution >= 0.6 is 0 Å². The second kappa shape index (κ2) is 9.35. The maximum atomic E-state index is 13.5. The van der Waals surface area contributed by atoms with E-state index in [1.54, 1.807) is 4.90 Å². The summed E-state index contributed by atoms with van der Waals surface area (Å²) >= 11 is 0. The molecule has 0 atom stereocenters. The molecule has 3 aromatic carbocycles. The average Bonchev–Trinajstić information content (AvgIpc) is 3.10. The van der Waals surface area contributed by atoms with E-state index in [1.807, 2.05) is 49.4 Å². The summed E-state index contributed by atoms with van der Waals surface area (Å²) in [6.45, 7) is 8.37. The molecule has 0 fully saturated rings. The lowest BCUT2D eigenvalue weighted by Crippen LogP contribution is -2.33. The van der Waals surface area contributed by atoms with Crippen LogP contribution in [0.2, 0.25) is 0 Å². The number of unbranched alkanes of at least 4 members (excludes halogenated alkanes) is 1. The highest BCUT2D eigenvalue weighted by molar-refractivity contribution is 6.33. The summed E-state index contributed by atoms with van der Waals surface area (Å²) in [5, 5.41) is 0. The topological polar surface area (TPSA) is 32.7 Å². The fraction of sp³-hybridized carbons (Fsp3) is 0.241. The third-order valence-corrected chi connectivity index (χ3v) is 5.87. The lowest BCUT2D eigenvalue weighted by Gasteiger charge is -2.21. The Morgan fingerprint density at radius 1 is 0.875 bits per heavy atom. The molecule has 0 aromatic heterocycles. The molecule has 0 saturated heterocycles. The predicted molar refractivity (Wildman–Crippen MR) is 134 cm³/mol. The summed E-state index contributed by atoms with van der Waals surface area (Å²) in [5.74, 6) is 0.588. The van der Waals surface area contributed by atoms with Gasteiger partial charge < -0.3 is 0 Å². The number of benzene rings is 3. The molecule has 0 bridgehead atoms. The normalized spacial score (nSPS) is 14.9. The van der Waals surface area contributed by atoms with E-state index in [0.29, 0.717) is 11.5 Å². The van der Waals surface area contributed by atoms with Gasteiger partial charge in [0.1, 0.15) is 11.5 Å². The fourth-order valence-corrected chi connectivity index (χ4v) is 4.01. The van der Waals surface area contributed by atoms with Gasteiger partial charge in [-0.15, -0.1) is 0 Å². The molecule has 4 rings (SSSR count). The van der Waals surface area contributed by atoms with E-state index < -0.39 is 0 Å². The number of hydrogen-bond donors (Lipinski definition) is 0. The second-order valence-corrected chi connectivity index (χ2v) is 8.61. The average molecular weight is 423 g/mol. The number of aryl methyl sites for hydroxylation is 4. The number of aliphatic imine (C=N–C) groups is 1. The smallest absolute Gasteiger partial charge is 0.266 e. The van der Waals surface area contributed by atoms with Gasteiger partial charge in [0.05, 0.1) is 5.69 Å². The van der Waals surface area contributed by atoms with Gasteiger partial charge in [0.2, 0.25) is 0 Å². The molecule has 0 unspecified atom stereocenters. The molecule has 3 aromatic rings. The first kappa shape index (κ1) is 21.8. The molecular weight excluding hydrogens is 392 g/mol. The van der Waals surface area contributed by atoms with Crippen LogP contribution in [0, 0.1) is 20.8 Å². The van der Waals surface area contributed by atoms with Crippen LogP contribution in [0.15, 0.2) is 77.4 Å². The second-order valence-electron chi connectivity index (χ2n) is 8.61. The van der Waals surface area contributed by atoms with Crippen LogP contribution < -0.4 is 4.90 Å². The molecule has 0 spiro atoms. The summed E-state index contributed by atoms with van der Waals surface area (Å²) in [4.78, 5) is 20.1. The van der Waals surface area contributed by atoms with Crippen molar-refractivity contribution >= 4 is 23.5 Å².